The molecule has 10 heteroatoms. The summed E-state index contributed by atoms with van der Waals surface area (Å²) in [5.74, 6) is -1.15. The van der Waals surface area contributed by atoms with Gasteiger partial charge in [-0.05, 0) is 49.6 Å². The number of aryl methyl sites for hydroxylation is 2. The molecule has 0 aromatic heterocycles. The number of carbonyl (C=O) groups is 2. The average Bonchev–Trinajstić information content (AvgIpc) is 3.04. The minimum atomic E-state index is -5.04. The van der Waals surface area contributed by atoms with E-state index in [1.165, 1.54) is 4.90 Å². The van der Waals surface area contributed by atoms with Crippen LogP contribution in [0, 0.1) is 19.3 Å². The summed E-state index contributed by atoms with van der Waals surface area (Å²) in [7, 11) is 0. The van der Waals surface area contributed by atoms with E-state index in [9.17, 15) is 35.9 Å². The number of anilines is 2. The molecule has 33 heavy (non-hydrogen) atoms. The van der Waals surface area contributed by atoms with Crippen molar-refractivity contribution < 1.29 is 35.9 Å². The predicted molar refractivity (Wildman–Crippen MR) is 111 cm³/mol. The molecule has 0 radical (unpaired) electrons. The normalized spacial score (nSPS) is 19.2. The number of hydrogen-bond donors (Lipinski definition) is 1. The third kappa shape index (κ3) is 4.84. The molecule has 1 N–H and O–H groups in total. The topological polar surface area (TPSA) is 49.4 Å². The number of halogens is 6. The van der Waals surface area contributed by atoms with Gasteiger partial charge in [0, 0.05) is 24.3 Å². The molecule has 2 amide bonds. The maximum Gasteiger partial charge on any atom is 0.416 e. The van der Waals surface area contributed by atoms with Crippen LogP contribution in [0.5, 0.6) is 0 Å². The predicted octanol–water partition coefficient (Wildman–Crippen LogP) is 6.11. The van der Waals surface area contributed by atoms with Gasteiger partial charge in [0.05, 0.1) is 16.5 Å². The summed E-state index contributed by atoms with van der Waals surface area (Å²) in [5.41, 5.74) is -2.74. The summed E-state index contributed by atoms with van der Waals surface area (Å²) < 4.78 is 78.9. The number of rotatable bonds is 4. The molecule has 0 saturated carbocycles. The maximum atomic E-state index is 13.2. The van der Waals surface area contributed by atoms with E-state index >= 15 is 0 Å². The fourth-order valence-corrected chi connectivity index (χ4v) is 4.11. The Labute approximate surface area is 186 Å². The summed E-state index contributed by atoms with van der Waals surface area (Å²) >= 11 is 0. The van der Waals surface area contributed by atoms with Crippen molar-refractivity contribution in [3.63, 3.8) is 0 Å². The zero-order valence-electron chi connectivity index (χ0n) is 18.1. The molecule has 1 fully saturated rings. The third-order valence-corrected chi connectivity index (χ3v) is 5.96. The van der Waals surface area contributed by atoms with Gasteiger partial charge < -0.3 is 10.2 Å². The van der Waals surface area contributed by atoms with Crippen molar-refractivity contribution in [3.8, 4) is 0 Å². The second kappa shape index (κ2) is 8.39. The van der Waals surface area contributed by atoms with Crippen LogP contribution in [-0.4, -0.2) is 18.4 Å². The quantitative estimate of drug-likeness (QED) is 0.546. The standard InChI is InChI=1S/C23H22F6N2O2/c1-4-21(11-18(32)31(12-21)19-13(2)6-5-7-14(19)3)20(33)30-17-9-15(22(24,25)26)8-16(10-17)23(27,28)29/h5-10H,4,11-12H2,1-3H3,(H,30,33)/t21-/m0/s1. The minimum absolute atomic E-state index is 0.00691. The van der Waals surface area contributed by atoms with E-state index in [-0.39, 0.29) is 31.4 Å². The van der Waals surface area contributed by atoms with Crippen molar-refractivity contribution >= 4 is 23.2 Å². The van der Waals surface area contributed by atoms with E-state index in [1.807, 2.05) is 32.0 Å². The molecule has 1 aliphatic rings. The summed E-state index contributed by atoms with van der Waals surface area (Å²) in [6.45, 7) is 5.23. The molecule has 178 valence electrons. The van der Waals surface area contributed by atoms with E-state index in [1.54, 1.807) is 6.92 Å². The van der Waals surface area contributed by atoms with Crippen molar-refractivity contribution in [3.05, 3.63) is 58.7 Å². The van der Waals surface area contributed by atoms with E-state index in [0.29, 0.717) is 17.8 Å². The number of benzene rings is 2. The Kier molecular flexibility index (Phi) is 6.25. The largest absolute Gasteiger partial charge is 0.416 e. The number of nitrogens with one attached hydrogen (secondary N) is 1. The van der Waals surface area contributed by atoms with Crippen LogP contribution in [0.15, 0.2) is 36.4 Å². The zero-order chi connectivity index (χ0) is 24.8. The molecule has 1 aliphatic heterocycles. The second-order valence-electron chi connectivity index (χ2n) is 8.28. The van der Waals surface area contributed by atoms with Gasteiger partial charge in [0.15, 0.2) is 0 Å². The Balaban J connectivity index is 1.96. The summed E-state index contributed by atoms with van der Waals surface area (Å²) in [6, 6.07) is 6.34. The van der Waals surface area contributed by atoms with Gasteiger partial charge >= 0.3 is 12.4 Å². The number of hydrogen-bond acceptors (Lipinski definition) is 2. The molecule has 2 aromatic carbocycles. The Morgan fingerprint density at radius 3 is 1.97 bits per heavy atom. The number of para-hydroxylation sites is 1. The van der Waals surface area contributed by atoms with Crippen molar-refractivity contribution in [2.45, 2.75) is 46.0 Å². The maximum absolute atomic E-state index is 13.2. The van der Waals surface area contributed by atoms with Crippen LogP contribution in [0.3, 0.4) is 0 Å². The molecule has 1 saturated heterocycles. The molecule has 1 atom stereocenters. The second-order valence-corrected chi connectivity index (χ2v) is 8.28. The van der Waals surface area contributed by atoms with E-state index in [2.05, 4.69) is 5.32 Å². The van der Waals surface area contributed by atoms with Gasteiger partial charge in [0.25, 0.3) is 0 Å². The van der Waals surface area contributed by atoms with Crippen LogP contribution < -0.4 is 10.2 Å². The van der Waals surface area contributed by atoms with Gasteiger partial charge in [-0.15, -0.1) is 0 Å². The summed E-state index contributed by atoms with van der Waals surface area (Å²) in [5, 5.41) is 2.20. The monoisotopic (exact) mass is 472 g/mol. The number of alkyl halides is 6. The minimum Gasteiger partial charge on any atom is -0.326 e. The molecule has 2 aromatic rings. The first-order valence-corrected chi connectivity index (χ1v) is 10.2. The average molecular weight is 472 g/mol. The van der Waals surface area contributed by atoms with Crippen molar-refractivity contribution in [1.82, 2.24) is 0 Å². The molecule has 1 heterocycles. The van der Waals surface area contributed by atoms with Crippen LogP contribution in [0.4, 0.5) is 37.7 Å². The molecule has 0 bridgehead atoms. The fraction of sp³-hybridized carbons (Fsp3) is 0.391. The van der Waals surface area contributed by atoms with Crippen LogP contribution in [0.1, 0.15) is 42.0 Å². The highest BCUT2D eigenvalue weighted by Crippen LogP contribution is 2.42. The first kappa shape index (κ1) is 24.6. The van der Waals surface area contributed by atoms with E-state index in [4.69, 9.17) is 0 Å². The smallest absolute Gasteiger partial charge is 0.326 e. The van der Waals surface area contributed by atoms with Crippen molar-refractivity contribution in [1.29, 1.82) is 0 Å². The lowest BCUT2D eigenvalue weighted by molar-refractivity contribution is -0.143. The molecule has 0 spiro atoms. The van der Waals surface area contributed by atoms with Crippen LogP contribution in [0.25, 0.3) is 0 Å². The lowest BCUT2D eigenvalue weighted by Gasteiger charge is -2.28. The van der Waals surface area contributed by atoms with Crippen LogP contribution >= 0.6 is 0 Å². The molecule has 0 unspecified atom stereocenters. The molecular formula is C23H22F6N2O2. The molecular weight excluding hydrogens is 450 g/mol. The molecule has 0 aliphatic carbocycles. The Hall–Kier alpha value is -3.04. The lowest BCUT2D eigenvalue weighted by Crippen LogP contribution is -2.39. The highest BCUT2D eigenvalue weighted by Gasteiger charge is 2.49. The molecule has 4 nitrogen and oxygen atoms in total. The zero-order valence-corrected chi connectivity index (χ0v) is 18.1. The SMILES string of the molecule is CC[C@]1(C(=O)Nc2cc(C(F)(F)F)cc(C(F)(F)F)c2)CC(=O)N(c2c(C)cccc2C)C1. The number of nitrogens with zero attached hydrogens (tertiary/aromatic N) is 1. The van der Waals surface area contributed by atoms with Crippen LogP contribution in [0.2, 0.25) is 0 Å². The summed E-state index contributed by atoms with van der Waals surface area (Å²) in [4.78, 5) is 27.4. The van der Waals surface area contributed by atoms with Crippen molar-refractivity contribution in [2.24, 2.45) is 5.41 Å². The van der Waals surface area contributed by atoms with Crippen LogP contribution in [-0.2, 0) is 21.9 Å². The first-order valence-electron chi connectivity index (χ1n) is 10.2. The molecule has 3 rings (SSSR count). The Morgan fingerprint density at radius 1 is 1.00 bits per heavy atom. The highest BCUT2D eigenvalue weighted by atomic mass is 19.4. The van der Waals surface area contributed by atoms with Gasteiger partial charge in [-0.25, -0.2) is 0 Å². The first-order chi connectivity index (χ1) is 15.2. The van der Waals surface area contributed by atoms with Gasteiger partial charge in [0.2, 0.25) is 11.8 Å². The van der Waals surface area contributed by atoms with Gasteiger partial charge in [-0.2, -0.15) is 26.3 Å². The van der Waals surface area contributed by atoms with Gasteiger partial charge in [-0.3, -0.25) is 9.59 Å². The third-order valence-electron chi connectivity index (χ3n) is 5.96. The lowest BCUT2D eigenvalue weighted by atomic mass is 9.83. The van der Waals surface area contributed by atoms with Gasteiger partial charge in [-0.1, -0.05) is 25.1 Å². The van der Waals surface area contributed by atoms with E-state index in [0.717, 1.165) is 11.1 Å². The van der Waals surface area contributed by atoms with Crippen molar-refractivity contribution in [2.75, 3.05) is 16.8 Å². The fourth-order valence-electron chi connectivity index (χ4n) is 4.11. The van der Waals surface area contributed by atoms with E-state index < -0.39 is 40.5 Å². The number of carbonyl (C=O) groups excluding carboxylic acids is 2. The number of amides is 2. The Bertz CT molecular complexity index is 1040. The highest BCUT2D eigenvalue weighted by molar-refractivity contribution is 6.06. The summed E-state index contributed by atoms with van der Waals surface area (Å²) in [6.07, 6.45) is -10.1. The van der Waals surface area contributed by atoms with Gasteiger partial charge in [0.1, 0.15) is 0 Å². The Morgan fingerprint density at radius 2 is 1.52 bits per heavy atom.